The van der Waals surface area contributed by atoms with Gasteiger partial charge >= 0.3 is 5.97 Å². The first-order chi connectivity index (χ1) is 56.8. The van der Waals surface area contributed by atoms with Crippen LogP contribution in [0.2, 0.25) is 0 Å². The molecular formula is C93H90FN9O14. The molecule has 8 aromatic carbocycles. The minimum atomic E-state index is -1.13. The maximum atomic E-state index is 15.2. The normalized spacial score (nSPS) is 19.3. The number of para-hydroxylation sites is 2. The molecule has 3 aliphatic carbocycles. The number of aliphatic hydroxyl groups excluding tert-OH is 1. The van der Waals surface area contributed by atoms with Crippen LogP contribution in [0.15, 0.2) is 237 Å². The van der Waals surface area contributed by atoms with Crippen molar-refractivity contribution in [2.75, 3.05) is 33.9 Å². The highest BCUT2D eigenvalue weighted by Crippen LogP contribution is 2.59. The Kier molecular flexibility index (Phi) is 24.5. The van der Waals surface area contributed by atoms with Crippen LogP contribution in [0.25, 0.3) is 66.5 Å². The lowest BCUT2D eigenvalue weighted by molar-refractivity contribution is -0.152. The van der Waals surface area contributed by atoms with Gasteiger partial charge in [-0.3, -0.25) is 49.4 Å². The van der Waals surface area contributed by atoms with Gasteiger partial charge in [-0.1, -0.05) is 139 Å². The van der Waals surface area contributed by atoms with Gasteiger partial charge in [0, 0.05) is 82.6 Å². The van der Waals surface area contributed by atoms with E-state index >= 15 is 4.39 Å². The number of esters is 1. The molecule has 117 heavy (non-hydrogen) atoms. The second-order valence-electron chi connectivity index (χ2n) is 30.5. The van der Waals surface area contributed by atoms with E-state index in [1.54, 1.807) is 60.8 Å². The van der Waals surface area contributed by atoms with E-state index in [0.717, 1.165) is 113 Å². The molecule has 23 nitrogen and oxygen atoms in total. The van der Waals surface area contributed by atoms with Crippen molar-refractivity contribution < 1.29 is 72.8 Å². The molecule has 12 aromatic rings. The highest BCUT2D eigenvalue weighted by atomic mass is 19.1. The number of aromatic nitrogens is 4. The first-order valence-corrected chi connectivity index (χ1v) is 38.9. The topological polar surface area (TPSA) is 314 Å². The summed E-state index contributed by atoms with van der Waals surface area (Å²) in [4.78, 5) is 97.3. The number of benzene rings is 8. The van der Waals surface area contributed by atoms with Gasteiger partial charge in [0.05, 0.1) is 86.9 Å². The molecule has 7 atom stereocenters. The number of nitrogens with zero attached hydrogens (tertiary/aromatic N) is 6. The Morgan fingerprint density at radius 2 is 0.974 bits per heavy atom. The molecule has 24 heteroatoms. The van der Waals surface area contributed by atoms with Gasteiger partial charge < -0.3 is 33.9 Å². The summed E-state index contributed by atoms with van der Waals surface area (Å²) in [6.45, 7) is 5.15. The highest BCUT2D eigenvalue weighted by Gasteiger charge is 2.66. The Morgan fingerprint density at radius 3 is 1.50 bits per heavy atom. The number of pyridine rings is 4. The maximum Gasteiger partial charge on any atom is 0.313 e. The minimum Gasteiger partial charge on any atom is -0.489 e. The molecular weight excluding hydrogens is 1490 g/mol. The summed E-state index contributed by atoms with van der Waals surface area (Å²) >= 11 is 0. The van der Waals surface area contributed by atoms with Crippen molar-refractivity contribution in [2.45, 2.75) is 91.1 Å². The van der Waals surface area contributed by atoms with Crippen molar-refractivity contribution in [3.63, 3.8) is 0 Å². The zero-order valence-electron chi connectivity index (χ0n) is 65.2. The van der Waals surface area contributed by atoms with E-state index in [9.17, 15) is 39.1 Å². The molecule has 3 saturated carbocycles. The summed E-state index contributed by atoms with van der Waals surface area (Å²) in [7, 11) is 3.36. The second-order valence-corrected chi connectivity index (χ2v) is 30.5. The first kappa shape index (κ1) is 80.7. The number of fused-ring (bicyclic) bond motifs is 3. The van der Waals surface area contributed by atoms with Crippen LogP contribution < -0.4 is 30.7 Å². The molecule has 1 aliphatic heterocycles. The third kappa shape index (κ3) is 17.8. The minimum absolute atomic E-state index is 0.0601. The lowest BCUT2D eigenvalue weighted by Crippen LogP contribution is -2.44. The maximum absolute atomic E-state index is 15.2. The second kappa shape index (κ2) is 35.5. The van der Waals surface area contributed by atoms with Crippen LogP contribution in [0.4, 0.5) is 4.39 Å². The lowest BCUT2D eigenvalue weighted by atomic mass is 9.91. The van der Waals surface area contributed by atoms with Crippen LogP contribution in [0.5, 0.6) is 17.2 Å². The van der Waals surface area contributed by atoms with Gasteiger partial charge in [0.15, 0.2) is 11.6 Å². The van der Waals surface area contributed by atoms with E-state index in [1.165, 1.54) is 17.0 Å². The number of aliphatic hydroxyl groups is 1. The number of hydroxylamine groups is 3. The largest absolute Gasteiger partial charge is 0.489 e. The highest BCUT2D eigenvalue weighted by molar-refractivity contribution is 5.98. The number of nitrogens with one attached hydrogen (secondary N) is 3. The van der Waals surface area contributed by atoms with Crippen molar-refractivity contribution in [1.29, 1.82) is 0 Å². The van der Waals surface area contributed by atoms with Gasteiger partial charge in [0.2, 0.25) is 29.5 Å². The fraction of sp³-hybridized carbons (Fsp3) is 0.269. The van der Waals surface area contributed by atoms with Gasteiger partial charge in [0.25, 0.3) is 0 Å². The van der Waals surface area contributed by atoms with E-state index in [4.69, 9.17) is 44.3 Å². The number of ether oxygens (including phenoxy) is 4. The van der Waals surface area contributed by atoms with E-state index in [1.807, 2.05) is 195 Å². The number of amides is 5. The molecule has 0 radical (unpaired) electrons. The zero-order chi connectivity index (χ0) is 82.0. The van der Waals surface area contributed by atoms with E-state index in [0.29, 0.717) is 62.5 Å². The molecule has 0 spiro atoms. The van der Waals surface area contributed by atoms with E-state index in [-0.39, 0.29) is 56.3 Å². The predicted octanol–water partition coefficient (Wildman–Crippen LogP) is 14.1. The van der Waals surface area contributed by atoms with E-state index < -0.39 is 63.5 Å². The number of carbonyl (C=O) groups excluding carboxylic acids is 6. The Bertz CT molecular complexity index is 5640. The average molecular weight is 1580 g/mol. The fourth-order valence-electron chi connectivity index (χ4n) is 16.2. The molecule has 7 N–H and O–H groups in total. The monoisotopic (exact) mass is 1580 g/mol. The molecule has 0 unspecified atom stereocenters. The Morgan fingerprint density at radius 1 is 0.513 bits per heavy atom. The summed E-state index contributed by atoms with van der Waals surface area (Å²) in [5.41, 5.74) is 16.6. The van der Waals surface area contributed by atoms with Crippen molar-refractivity contribution in [1.82, 2.24) is 46.2 Å². The molecule has 4 aromatic heterocycles. The smallest absolute Gasteiger partial charge is 0.313 e. The third-order valence-electron chi connectivity index (χ3n) is 22.6. The van der Waals surface area contributed by atoms with Crippen LogP contribution in [-0.2, 0) is 72.6 Å². The van der Waals surface area contributed by atoms with Gasteiger partial charge in [0.1, 0.15) is 31.3 Å². The lowest BCUT2D eigenvalue weighted by Gasteiger charge is -2.28. The fourth-order valence-corrected chi connectivity index (χ4v) is 16.2. The number of aryl methyl sites for hydroxylation is 1. The summed E-state index contributed by atoms with van der Waals surface area (Å²) in [5.74, 6) is -3.50. The summed E-state index contributed by atoms with van der Waals surface area (Å²) < 4.78 is 38.6. The van der Waals surface area contributed by atoms with Crippen LogP contribution in [-0.4, -0.2) is 126 Å². The van der Waals surface area contributed by atoms with Crippen LogP contribution in [0.3, 0.4) is 0 Å². The van der Waals surface area contributed by atoms with Crippen molar-refractivity contribution in [3.8, 4) is 51.0 Å². The number of carbonyl (C=O) groups is 6. The number of likely N-dealkylation sites (tertiary alicyclic amines) is 1. The molecule has 598 valence electrons. The van der Waals surface area contributed by atoms with Gasteiger partial charge in [-0.05, 0) is 173 Å². The molecule has 0 bridgehead atoms. The Hall–Kier alpha value is -12.9. The van der Waals surface area contributed by atoms with Crippen LogP contribution >= 0.6 is 0 Å². The van der Waals surface area contributed by atoms with Crippen LogP contribution in [0.1, 0.15) is 78.0 Å². The van der Waals surface area contributed by atoms with E-state index in [2.05, 4.69) is 23.2 Å². The predicted molar refractivity (Wildman–Crippen MR) is 436 cm³/mol. The number of halogens is 1. The van der Waals surface area contributed by atoms with Gasteiger partial charge in [-0.25, -0.2) is 35.8 Å². The molecule has 4 fully saturated rings. The molecule has 16 rings (SSSR count). The zero-order valence-corrected chi connectivity index (χ0v) is 65.2. The molecule has 1 saturated heterocycles. The Balaban J connectivity index is 0.000000145. The quantitative estimate of drug-likeness (QED) is 0.0150. The third-order valence-corrected chi connectivity index (χ3v) is 22.6. The van der Waals surface area contributed by atoms with Crippen molar-refractivity contribution in [2.24, 2.45) is 34.0 Å². The summed E-state index contributed by atoms with van der Waals surface area (Å²) in [5, 5.41) is 40.1. The number of hydrogen-bond acceptors (Lipinski definition) is 18. The standard InChI is InChI=1S/C33H33N3O5.C30H28FN3O5.C30H29N3O4/c37-20-25-9-6-16-36(25)32(39)33(19-28(33)31(38)35-40)18-22-12-14-26(15-13-22)41-21-24-17-30(23-7-2-1-3-8-23)34-29-11-5-4-10-27(24)29;1-3-38-29(36)30(15-23(30)28(35)34-37)14-19-7-9-27(24(31)12-19)39-17-21-13-26(20-5-4-10-32-16-20)33-25-8-6-18(2)11-22(21)25;1-33(2)29(35)30(18-25(30)28(34)32-36)17-20-12-14-23(15-13-20)37-19-22-16-27(21-8-4-3-5-9-21)31-26-11-7-6-10-24(22)26/h1-5,7-8,10-15,17,25,28,37,40H,6,9,16,18-21H2,(H,35,38);4-13,16,23,37H,3,14-15,17H2,1-2H3,(H,34,35);3-16,25,36H,17-19H2,1-2H3,(H,32,34)/t25-,28+,33-;23-,30+;25-,30+/m011/s1. The first-order valence-electron chi connectivity index (χ1n) is 38.9. The van der Waals surface area contributed by atoms with Gasteiger partial charge in [-0.2, -0.15) is 0 Å². The van der Waals surface area contributed by atoms with Gasteiger partial charge in [-0.15, -0.1) is 0 Å². The average Bonchev–Trinajstić information content (AvgIpc) is 1.56. The Labute approximate surface area is 675 Å². The summed E-state index contributed by atoms with van der Waals surface area (Å²) in [6, 6.07) is 71.5. The van der Waals surface area contributed by atoms with Crippen LogP contribution in [0, 0.1) is 46.7 Å². The molecule has 5 amide bonds. The SMILES string of the molecule is CCOC(=O)[C@@]1(Cc2ccc(OCc3cc(-c4cccnc4)nc4ccc(C)cc34)c(F)c2)C[C@@H]1C(=O)NO.CN(C)C(=O)[C@@]1(Cc2ccc(OCc3cc(-c4ccccc4)nc4ccccc34)cc2)C[C@@H]1C(=O)NO.O=C(NO)[C@H]1C[C@]1(Cc1ccc(OCc2cc(-c3ccccc3)nc3ccccc23)cc1)C(=O)N1CCC[C@H]1CO. The summed E-state index contributed by atoms with van der Waals surface area (Å²) in [6.07, 6.45) is 6.89. The number of rotatable bonds is 26. The van der Waals surface area contributed by atoms with Crippen molar-refractivity contribution in [3.05, 3.63) is 282 Å². The number of hydrogen-bond donors (Lipinski definition) is 7. The molecule has 5 heterocycles. The van der Waals surface area contributed by atoms with Crippen molar-refractivity contribution >= 4 is 68.2 Å². The molecule has 4 aliphatic rings.